The van der Waals surface area contributed by atoms with Crippen LogP contribution in [-0.4, -0.2) is 22.0 Å². The number of pyridine rings is 1. The maximum absolute atomic E-state index is 15.5. The molecule has 1 saturated carbocycles. The van der Waals surface area contributed by atoms with Crippen LogP contribution in [0.5, 0.6) is 0 Å². The Morgan fingerprint density at radius 2 is 1.86 bits per heavy atom. The highest BCUT2D eigenvalue weighted by Gasteiger charge is 2.40. The van der Waals surface area contributed by atoms with Crippen LogP contribution in [0.3, 0.4) is 0 Å². The van der Waals surface area contributed by atoms with Crippen LogP contribution in [-0.2, 0) is 21.4 Å². The van der Waals surface area contributed by atoms with Crippen molar-refractivity contribution < 1.29 is 23.5 Å². The third kappa shape index (κ3) is 5.57. The molecule has 3 aromatic rings. The summed E-state index contributed by atoms with van der Waals surface area (Å²) in [6.45, 7) is 1.83. The molecule has 1 aliphatic carbocycles. The van der Waals surface area contributed by atoms with Crippen molar-refractivity contribution in [3.05, 3.63) is 82.1 Å². The number of carbonyl (C=O) groups excluding carboxylic acids is 1. The molecule has 8 heteroatoms. The van der Waals surface area contributed by atoms with E-state index < -0.39 is 23.0 Å². The number of aliphatic carboxylic acids is 1. The Morgan fingerprint density at radius 3 is 2.56 bits per heavy atom. The zero-order valence-electron chi connectivity index (χ0n) is 19.9. The van der Waals surface area contributed by atoms with E-state index in [0.29, 0.717) is 35.5 Å². The first-order valence-corrected chi connectivity index (χ1v) is 12.3. The van der Waals surface area contributed by atoms with Gasteiger partial charge in [-0.05, 0) is 67.1 Å². The van der Waals surface area contributed by atoms with Gasteiger partial charge in [0.1, 0.15) is 11.6 Å². The van der Waals surface area contributed by atoms with E-state index in [2.05, 4.69) is 10.3 Å². The van der Waals surface area contributed by atoms with Gasteiger partial charge in [0, 0.05) is 47.5 Å². The number of carboxylic acids is 1. The SMILES string of the molecule is Cc1c(CCC(=O)O)cccc1NC(=O)CC1(c2cc(F)c(-c3cncc(Cl)c3)cc2F)CCCC1. The Bertz CT molecular complexity index is 1310. The maximum Gasteiger partial charge on any atom is 0.303 e. The fraction of sp³-hybridized carbons (Fsp3) is 0.321. The fourth-order valence-electron chi connectivity index (χ4n) is 5.16. The number of aromatic nitrogens is 1. The number of benzene rings is 2. The molecular formula is C28H27ClF2N2O3. The minimum absolute atomic E-state index is 0.00651. The summed E-state index contributed by atoms with van der Waals surface area (Å²) >= 11 is 5.97. The Balaban J connectivity index is 1.59. The van der Waals surface area contributed by atoms with E-state index in [9.17, 15) is 9.59 Å². The zero-order valence-corrected chi connectivity index (χ0v) is 20.7. The van der Waals surface area contributed by atoms with Crippen LogP contribution in [0, 0.1) is 18.6 Å². The van der Waals surface area contributed by atoms with Crippen LogP contribution >= 0.6 is 11.6 Å². The third-order valence-corrected chi connectivity index (χ3v) is 7.24. The normalized spacial score (nSPS) is 14.6. The number of halogens is 3. The van der Waals surface area contributed by atoms with Crippen molar-refractivity contribution >= 4 is 29.2 Å². The molecule has 188 valence electrons. The summed E-state index contributed by atoms with van der Waals surface area (Å²) in [4.78, 5) is 28.1. The number of hydrogen-bond acceptors (Lipinski definition) is 3. The van der Waals surface area contributed by atoms with E-state index >= 15 is 8.78 Å². The van der Waals surface area contributed by atoms with Gasteiger partial charge in [-0.25, -0.2) is 8.78 Å². The van der Waals surface area contributed by atoms with E-state index in [4.69, 9.17) is 16.7 Å². The molecule has 0 saturated heterocycles. The van der Waals surface area contributed by atoms with Crippen molar-refractivity contribution in [1.82, 2.24) is 4.98 Å². The highest BCUT2D eigenvalue weighted by molar-refractivity contribution is 6.30. The molecule has 0 unspecified atom stereocenters. The second-order valence-corrected chi connectivity index (χ2v) is 9.84. The van der Waals surface area contributed by atoms with Gasteiger partial charge in [0.2, 0.25) is 5.91 Å². The van der Waals surface area contributed by atoms with Crippen LogP contribution in [0.2, 0.25) is 5.02 Å². The standard InChI is InChI=1S/C28H27ClF2N2O3/c1-17-18(7-8-27(35)36)5-4-6-25(17)33-26(34)14-28(9-2-3-10-28)22-13-23(30)21(12-24(22)31)19-11-20(29)16-32-15-19/h4-6,11-13,15-16H,2-3,7-10,14H2,1H3,(H,33,34)(H,35,36). The summed E-state index contributed by atoms with van der Waals surface area (Å²) in [7, 11) is 0. The maximum atomic E-state index is 15.5. The highest BCUT2D eigenvalue weighted by Crippen LogP contribution is 2.46. The molecule has 1 aliphatic rings. The van der Waals surface area contributed by atoms with Crippen LogP contribution in [0.1, 0.15) is 55.2 Å². The van der Waals surface area contributed by atoms with Crippen molar-refractivity contribution in [2.45, 2.75) is 57.3 Å². The molecule has 0 atom stereocenters. The molecule has 5 nitrogen and oxygen atoms in total. The molecule has 4 rings (SSSR count). The van der Waals surface area contributed by atoms with E-state index in [0.717, 1.165) is 30.0 Å². The largest absolute Gasteiger partial charge is 0.481 e. The lowest BCUT2D eigenvalue weighted by molar-refractivity contribution is -0.137. The number of aryl methyl sites for hydroxylation is 1. The monoisotopic (exact) mass is 512 g/mol. The average Bonchev–Trinajstić information content (AvgIpc) is 3.30. The van der Waals surface area contributed by atoms with Crippen molar-refractivity contribution in [2.24, 2.45) is 0 Å². The van der Waals surface area contributed by atoms with Gasteiger partial charge in [0.25, 0.3) is 0 Å². The van der Waals surface area contributed by atoms with Crippen molar-refractivity contribution in [2.75, 3.05) is 5.32 Å². The molecule has 0 spiro atoms. The number of rotatable bonds is 8. The molecule has 2 N–H and O–H groups in total. The summed E-state index contributed by atoms with van der Waals surface area (Å²) in [5, 5.41) is 12.2. The summed E-state index contributed by atoms with van der Waals surface area (Å²) in [6, 6.07) is 9.25. The highest BCUT2D eigenvalue weighted by atomic mass is 35.5. The Hall–Kier alpha value is -3.32. The van der Waals surface area contributed by atoms with Gasteiger partial charge in [0.15, 0.2) is 0 Å². The first-order valence-electron chi connectivity index (χ1n) is 11.9. The Morgan fingerprint density at radius 1 is 1.11 bits per heavy atom. The van der Waals surface area contributed by atoms with Crippen molar-refractivity contribution in [3.8, 4) is 11.1 Å². The Kier molecular flexibility index (Phi) is 7.69. The van der Waals surface area contributed by atoms with Gasteiger partial charge in [-0.1, -0.05) is 36.6 Å². The summed E-state index contributed by atoms with van der Waals surface area (Å²) in [5.74, 6) is -2.34. The lowest BCUT2D eigenvalue weighted by atomic mass is 9.75. The molecule has 2 aromatic carbocycles. The topological polar surface area (TPSA) is 79.3 Å². The van der Waals surface area contributed by atoms with E-state index in [1.807, 2.05) is 13.0 Å². The molecular weight excluding hydrogens is 486 g/mol. The number of nitrogens with one attached hydrogen (secondary N) is 1. The number of nitrogens with zero attached hydrogens (tertiary/aromatic N) is 1. The van der Waals surface area contributed by atoms with E-state index in [-0.39, 0.29) is 29.9 Å². The lowest BCUT2D eigenvalue weighted by Crippen LogP contribution is -2.30. The van der Waals surface area contributed by atoms with Crippen LogP contribution < -0.4 is 5.32 Å². The predicted molar refractivity (Wildman–Crippen MR) is 135 cm³/mol. The van der Waals surface area contributed by atoms with E-state index in [1.165, 1.54) is 24.5 Å². The van der Waals surface area contributed by atoms with Gasteiger partial charge in [-0.15, -0.1) is 0 Å². The quantitative estimate of drug-likeness (QED) is 0.346. The molecule has 0 aliphatic heterocycles. The number of anilines is 1. The second kappa shape index (κ2) is 10.7. The number of hydrogen-bond donors (Lipinski definition) is 2. The first-order chi connectivity index (χ1) is 17.2. The molecule has 1 amide bonds. The minimum Gasteiger partial charge on any atom is -0.481 e. The molecule has 36 heavy (non-hydrogen) atoms. The molecule has 1 fully saturated rings. The van der Waals surface area contributed by atoms with Gasteiger partial charge < -0.3 is 10.4 Å². The summed E-state index contributed by atoms with van der Waals surface area (Å²) in [6.07, 6.45) is 5.99. The Labute approximate surface area is 213 Å². The van der Waals surface area contributed by atoms with Crippen LogP contribution in [0.4, 0.5) is 14.5 Å². The smallest absolute Gasteiger partial charge is 0.303 e. The van der Waals surface area contributed by atoms with Crippen LogP contribution in [0.25, 0.3) is 11.1 Å². The molecule has 1 heterocycles. The number of carboxylic acid groups (broad SMARTS) is 1. The fourth-order valence-corrected chi connectivity index (χ4v) is 5.33. The lowest BCUT2D eigenvalue weighted by Gasteiger charge is -2.30. The summed E-state index contributed by atoms with van der Waals surface area (Å²) < 4.78 is 30.7. The molecule has 0 radical (unpaired) electrons. The van der Waals surface area contributed by atoms with Gasteiger partial charge in [-0.2, -0.15) is 0 Å². The zero-order chi connectivity index (χ0) is 25.9. The van der Waals surface area contributed by atoms with E-state index in [1.54, 1.807) is 12.1 Å². The first kappa shape index (κ1) is 25.8. The predicted octanol–water partition coefficient (Wildman–Crippen LogP) is 6.85. The van der Waals surface area contributed by atoms with Crippen LogP contribution in [0.15, 0.2) is 48.8 Å². The number of carbonyl (C=O) groups is 2. The third-order valence-electron chi connectivity index (χ3n) is 7.03. The second-order valence-electron chi connectivity index (χ2n) is 9.40. The minimum atomic E-state index is -0.890. The van der Waals surface area contributed by atoms with Gasteiger partial charge >= 0.3 is 5.97 Å². The molecule has 1 aromatic heterocycles. The van der Waals surface area contributed by atoms with Crippen molar-refractivity contribution in [3.63, 3.8) is 0 Å². The van der Waals surface area contributed by atoms with Gasteiger partial charge in [0.05, 0.1) is 5.02 Å². The molecule has 0 bridgehead atoms. The summed E-state index contributed by atoms with van der Waals surface area (Å²) in [5.41, 5.74) is 2.06. The number of amides is 1. The van der Waals surface area contributed by atoms with Gasteiger partial charge in [-0.3, -0.25) is 14.6 Å². The average molecular weight is 513 g/mol. The van der Waals surface area contributed by atoms with Crippen molar-refractivity contribution in [1.29, 1.82) is 0 Å².